The third kappa shape index (κ3) is 3.37. The van der Waals surface area contributed by atoms with Crippen molar-refractivity contribution in [2.24, 2.45) is 5.92 Å². The van der Waals surface area contributed by atoms with Crippen molar-refractivity contribution in [1.82, 2.24) is 0 Å². The minimum Gasteiger partial charge on any atom is -0.549 e. The molecule has 0 amide bonds. The third-order valence-corrected chi connectivity index (χ3v) is 1.43. The maximum Gasteiger partial charge on any atom is 0.314 e. The Morgan fingerprint density at radius 2 is 2.00 bits per heavy atom. The van der Waals surface area contributed by atoms with Crippen LogP contribution in [0.2, 0.25) is 0 Å². The SMILES string of the molecule is CCCC(C(=O)[O-])C(=O)OCC. The Bertz CT molecular complexity index is 164. The van der Waals surface area contributed by atoms with Crippen molar-refractivity contribution >= 4 is 11.9 Å². The number of rotatable bonds is 5. The normalized spacial score (nSPS) is 12.2. The van der Waals surface area contributed by atoms with E-state index in [0.717, 1.165) is 0 Å². The maximum absolute atomic E-state index is 10.9. The minimum absolute atomic E-state index is 0.201. The molecule has 0 aliphatic carbocycles. The van der Waals surface area contributed by atoms with Gasteiger partial charge in [0.2, 0.25) is 0 Å². The molecule has 12 heavy (non-hydrogen) atoms. The first-order valence-corrected chi connectivity index (χ1v) is 4.00. The van der Waals surface area contributed by atoms with Gasteiger partial charge in [-0.2, -0.15) is 0 Å². The fourth-order valence-corrected chi connectivity index (χ4v) is 0.863. The van der Waals surface area contributed by atoms with Crippen LogP contribution in [-0.4, -0.2) is 18.5 Å². The van der Waals surface area contributed by atoms with Gasteiger partial charge in [0.1, 0.15) is 0 Å². The molecule has 0 N–H and O–H groups in total. The summed E-state index contributed by atoms with van der Waals surface area (Å²) in [6.07, 6.45) is 0.901. The minimum atomic E-state index is -1.35. The molecule has 4 heteroatoms. The highest BCUT2D eigenvalue weighted by Gasteiger charge is 2.19. The highest BCUT2D eigenvalue weighted by Crippen LogP contribution is 2.07. The Hall–Kier alpha value is -1.06. The Labute approximate surface area is 71.5 Å². The molecule has 1 unspecified atom stereocenters. The lowest BCUT2D eigenvalue weighted by Crippen LogP contribution is -2.37. The number of carbonyl (C=O) groups excluding carboxylic acids is 2. The van der Waals surface area contributed by atoms with Crippen LogP contribution in [0.4, 0.5) is 0 Å². The van der Waals surface area contributed by atoms with E-state index in [0.29, 0.717) is 6.42 Å². The molecule has 0 saturated carbocycles. The molecule has 0 heterocycles. The summed E-state index contributed by atoms with van der Waals surface area (Å²) in [4.78, 5) is 21.3. The van der Waals surface area contributed by atoms with Crippen LogP contribution in [0, 0.1) is 5.92 Å². The molecule has 0 aromatic heterocycles. The quantitative estimate of drug-likeness (QED) is 0.423. The van der Waals surface area contributed by atoms with Gasteiger partial charge in [-0.1, -0.05) is 13.3 Å². The maximum atomic E-state index is 10.9. The van der Waals surface area contributed by atoms with Gasteiger partial charge in [0.25, 0.3) is 0 Å². The van der Waals surface area contributed by atoms with Crippen molar-refractivity contribution in [3.05, 3.63) is 0 Å². The fraction of sp³-hybridized carbons (Fsp3) is 0.750. The topological polar surface area (TPSA) is 66.4 Å². The molecule has 0 aromatic carbocycles. The highest BCUT2D eigenvalue weighted by atomic mass is 16.5. The van der Waals surface area contributed by atoms with Crippen molar-refractivity contribution in [3.8, 4) is 0 Å². The number of hydrogen-bond acceptors (Lipinski definition) is 4. The van der Waals surface area contributed by atoms with Gasteiger partial charge in [0, 0.05) is 0 Å². The predicted molar refractivity (Wildman–Crippen MR) is 40.0 cm³/mol. The van der Waals surface area contributed by atoms with Crippen LogP contribution < -0.4 is 5.11 Å². The summed E-state index contributed by atoms with van der Waals surface area (Å²) in [5.74, 6) is -3.15. The Kier molecular flexibility index (Phi) is 5.08. The molecule has 0 rings (SSSR count). The average molecular weight is 173 g/mol. The lowest BCUT2D eigenvalue weighted by Gasteiger charge is -2.14. The van der Waals surface area contributed by atoms with Gasteiger partial charge in [0.15, 0.2) is 0 Å². The van der Waals surface area contributed by atoms with E-state index in [2.05, 4.69) is 4.74 Å². The Balaban J connectivity index is 4.09. The molecule has 0 spiro atoms. The van der Waals surface area contributed by atoms with Gasteiger partial charge in [0.05, 0.1) is 18.5 Å². The Morgan fingerprint density at radius 3 is 2.33 bits per heavy atom. The van der Waals surface area contributed by atoms with E-state index < -0.39 is 17.9 Å². The lowest BCUT2D eigenvalue weighted by atomic mass is 10.0. The van der Waals surface area contributed by atoms with Crippen LogP contribution in [0.3, 0.4) is 0 Å². The molecule has 0 aromatic rings. The molecule has 0 aliphatic rings. The zero-order valence-electron chi connectivity index (χ0n) is 7.33. The van der Waals surface area contributed by atoms with Crippen molar-refractivity contribution in [2.45, 2.75) is 26.7 Å². The van der Waals surface area contributed by atoms with Gasteiger partial charge in [-0.3, -0.25) is 4.79 Å². The summed E-state index contributed by atoms with van der Waals surface area (Å²) in [5, 5.41) is 10.4. The van der Waals surface area contributed by atoms with Gasteiger partial charge in [-0.05, 0) is 13.3 Å². The number of carbonyl (C=O) groups is 2. The number of esters is 1. The number of ether oxygens (including phenoxy) is 1. The van der Waals surface area contributed by atoms with Crippen LogP contribution in [-0.2, 0) is 14.3 Å². The molecular formula is C8H13O4-. The van der Waals surface area contributed by atoms with Crippen molar-refractivity contribution in [1.29, 1.82) is 0 Å². The van der Waals surface area contributed by atoms with E-state index >= 15 is 0 Å². The summed E-state index contributed by atoms with van der Waals surface area (Å²) in [5.41, 5.74) is 0. The molecule has 0 saturated heterocycles. The van der Waals surface area contributed by atoms with E-state index in [1.165, 1.54) is 0 Å². The molecule has 70 valence electrons. The van der Waals surface area contributed by atoms with Crippen molar-refractivity contribution < 1.29 is 19.4 Å². The molecule has 0 aliphatic heterocycles. The van der Waals surface area contributed by atoms with E-state index in [1.54, 1.807) is 13.8 Å². The first-order chi connectivity index (χ1) is 5.63. The van der Waals surface area contributed by atoms with Gasteiger partial charge < -0.3 is 14.6 Å². The smallest absolute Gasteiger partial charge is 0.314 e. The summed E-state index contributed by atoms with van der Waals surface area (Å²) in [6, 6.07) is 0. The molecule has 0 bridgehead atoms. The van der Waals surface area contributed by atoms with Gasteiger partial charge in [-0.25, -0.2) is 0 Å². The summed E-state index contributed by atoms with van der Waals surface area (Å²) < 4.78 is 4.56. The van der Waals surface area contributed by atoms with Crippen molar-refractivity contribution in [2.75, 3.05) is 6.61 Å². The van der Waals surface area contributed by atoms with Gasteiger partial charge >= 0.3 is 5.97 Å². The zero-order chi connectivity index (χ0) is 9.56. The van der Waals surface area contributed by atoms with E-state index in [-0.39, 0.29) is 13.0 Å². The lowest BCUT2D eigenvalue weighted by molar-refractivity contribution is -0.311. The third-order valence-electron chi connectivity index (χ3n) is 1.43. The second-order valence-corrected chi connectivity index (χ2v) is 2.41. The standard InChI is InChI=1S/C8H14O4/c1-3-5-6(7(9)10)8(11)12-4-2/h6H,3-5H2,1-2H3,(H,9,10)/p-1. The molecule has 1 atom stereocenters. The Morgan fingerprint density at radius 1 is 1.42 bits per heavy atom. The largest absolute Gasteiger partial charge is 0.549 e. The average Bonchev–Trinajstić information content (AvgIpc) is 1.99. The number of carboxylic acid groups (broad SMARTS) is 1. The first kappa shape index (κ1) is 10.9. The number of hydrogen-bond donors (Lipinski definition) is 0. The van der Waals surface area contributed by atoms with Crippen LogP contribution in [0.1, 0.15) is 26.7 Å². The van der Waals surface area contributed by atoms with Crippen LogP contribution in [0.5, 0.6) is 0 Å². The summed E-state index contributed by atoms with van der Waals surface area (Å²) in [6.45, 7) is 3.64. The second kappa shape index (κ2) is 5.57. The summed E-state index contributed by atoms with van der Waals surface area (Å²) in [7, 11) is 0. The van der Waals surface area contributed by atoms with E-state index in [1.807, 2.05) is 0 Å². The first-order valence-electron chi connectivity index (χ1n) is 4.00. The monoisotopic (exact) mass is 173 g/mol. The van der Waals surface area contributed by atoms with E-state index in [9.17, 15) is 14.7 Å². The molecular weight excluding hydrogens is 160 g/mol. The van der Waals surface area contributed by atoms with Crippen LogP contribution in [0.15, 0.2) is 0 Å². The molecule has 4 nitrogen and oxygen atoms in total. The number of carboxylic acids is 1. The highest BCUT2D eigenvalue weighted by molar-refractivity contribution is 5.92. The second-order valence-electron chi connectivity index (χ2n) is 2.41. The van der Waals surface area contributed by atoms with E-state index in [4.69, 9.17) is 0 Å². The molecule has 0 fully saturated rings. The zero-order valence-corrected chi connectivity index (χ0v) is 7.33. The van der Waals surface area contributed by atoms with Gasteiger partial charge in [-0.15, -0.1) is 0 Å². The molecule has 0 radical (unpaired) electrons. The van der Waals surface area contributed by atoms with Crippen LogP contribution >= 0.6 is 0 Å². The van der Waals surface area contributed by atoms with Crippen LogP contribution in [0.25, 0.3) is 0 Å². The number of aliphatic carboxylic acids is 1. The fourth-order valence-electron chi connectivity index (χ4n) is 0.863. The van der Waals surface area contributed by atoms with Crippen molar-refractivity contribution in [3.63, 3.8) is 0 Å². The summed E-state index contributed by atoms with van der Waals surface area (Å²) >= 11 is 0. The predicted octanol–water partition coefficient (Wildman–Crippen LogP) is -0.284.